The Morgan fingerprint density at radius 2 is 2.35 bits per heavy atom. The summed E-state index contributed by atoms with van der Waals surface area (Å²) < 4.78 is 6.56. The van der Waals surface area contributed by atoms with Gasteiger partial charge in [0.25, 0.3) is 5.56 Å². The molecule has 7 nitrogen and oxygen atoms in total. The molecule has 1 unspecified atom stereocenters. The summed E-state index contributed by atoms with van der Waals surface area (Å²) in [5.41, 5.74) is 1.72. The minimum atomic E-state index is -0.276. The molecular formula is C16H20N4O3. The first-order valence-corrected chi connectivity index (χ1v) is 7.65. The van der Waals surface area contributed by atoms with E-state index in [1.165, 1.54) is 4.68 Å². The van der Waals surface area contributed by atoms with Gasteiger partial charge >= 0.3 is 0 Å². The van der Waals surface area contributed by atoms with Crippen molar-refractivity contribution in [1.82, 2.24) is 20.0 Å². The van der Waals surface area contributed by atoms with Crippen LogP contribution in [-0.4, -0.2) is 33.2 Å². The number of nitrogens with zero attached hydrogens (tertiary/aromatic N) is 3. The normalized spacial score (nSPS) is 15.9. The lowest BCUT2D eigenvalue weighted by Crippen LogP contribution is -2.47. The monoisotopic (exact) mass is 316 g/mol. The van der Waals surface area contributed by atoms with E-state index in [-0.39, 0.29) is 17.5 Å². The van der Waals surface area contributed by atoms with E-state index in [2.05, 4.69) is 15.3 Å². The molecule has 0 saturated carbocycles. The van der Waals surface area contributed by atoms with Gasteiger partial charge in [-0.05, 0) is 24.6 Å². The van der Waals surface area contributed by atoms with E-state index in [1.807, 2.05) is 13.0 Å². The lowest BCUT2D eigenvalue weighted by Gasteiger charge is -2.32. The second kappa shape index (κ2) is 6.37. The third-order valence-electron chi connectivity index (χ3n) is 4.21. The Hall–Kier alpha value is -2.41. The summed E-state index contributed by atoms with van der Waals surface area (Å²) in [5, 5.41) is 7.16. The van der Waals surface area contributed by atoms with Crippen molar-refractivity contribution in [2.45, 2.75) is 32.5 Å². The maximum absolute atomic E-state index is 12.3. The SMILES string of the molecule is CC(C(=O)NCc1ccco1)N1CCc2nn(C)c(=O)cc2C1. The molecule has 0 aromatic carbocycles. The number of rotatable bonds is 4. The molecule has 1 aliphatic rings. The smallest absolute Gasteiger partial charge is 0.266 e. The minimum absolute atomic E-state index is 0.0540. The van der Waals surface area contributed by atoms with Crippen LogP contribution in [0, 0.1) is 0 Å². The van der Waals surface area contributed by atoms with Crippen molar-refractivity contribution in [3.05, 3.63) is 51.8 Å². The average Bonchev–Trinajstić information content (AvgIpc) is 3.06. The summed E-state index contributed by atoms with van der Waals surface area (Å²) in [5.74, 6) is 0.670. The van der Waals surface area contributed by atoms with Crippen LogP contribution in [0.25, 0.3) is 0 Å². The zero-order chi connectivity index (χ0) is 16.4. The number of amides is 1. The predicted molar refractivity (Wildman–Crippen MR) is 83.6 cm³/mol. The number of carbonyl (C=O) groups excluding carboxylic acids is 1. The molecule has 122 valence electrons. The standard InChI is InChI=1S/C16H20N4O3/c1-11(16(22)17-9-13-4-3-7-23-13)20-6-5-14-12(10-20)8-15(21)19(2)18-14/h3-4,7-8,11H,5-6,9-10H2,1-2H3,(H,17,22). The van der Waals surface area contributed by atoms with Gasteiger partial charge in [-0.15, -0.1) is 0 Å². The molecule has 23 heavy (non-hydrogen) atoms. The molecule has 1 aliphatic heterocycles. The van der Waals surface area contributed by atoms with Crippen LogP contribution in [-0.2, 0) is 31.4 Å². The van der Waals surface area contributed by atoms with Crippen LogP contribution in [0.5, 0.6) is 0 Å². The van der Waals surface area contributed by atoms with E-state index in [1.54, 1.807) is 25.4 Å². The van der Waals surface area contributed by atoms with Gasteiger partial charge in [-0.3, -0.25) is 14.5 Å². The van der Waals surface area contributed by atoms with Gasteiger partial charge in [-0.25, -0.2) is 4.68 Å². The molecule has 3 rings (SSSR count). The van der Waals surface area contributed by atoms with Crippen molar-refractivity contribution in [3.63, 3.8) is 0 Å². The fraction of sp³-hybridized carbons (Fsp3) is 0.438. The molecule has 0 aliphatic carbocycles. The molecule has 3 heterocycles. The summed E-state index contributed by atoms with van der Waals surface area (Å²) in [6.07, 6.45) is 2.32. The summed E-state index contributed by atoms with van der Waals surface area (Å²) in [4.78, 5) is 26.1. The Labute approximate surface area is 133 Å². The lowest BCUT2D eigenvalue weighted by atomic mass is 10.0. The van der Waals surface area contributed by atoms with E-state index in [0.29, 0.717) is 13.1 Å². The molecule has 0 fully saturated rings. The molecule has 0 bridgehead atoms. The molecule has 0 radical (unpaired) electrons. The fourth-order valence-corrected chi connectivity index (χ4v) is 2.75. The van der Waals surface area contributed by atoms with E-state index in [4.69, 9.17) is 4.42 Å². The summed E-state index contributed by atoms with van der Waals surface area (Å²) in [6, 6.07) is 4.95. The van der Waals surface area contributed by atoms with Crippen LogP contribution in [0.3, 0.4) is 0 Å². The first kappa shape index (κ1) is 15.5. The first-order valence-electron chi connectivity index (χ1n) is 7.65. The molecule has 0 saturated heterocycles. The van der Waals surface area contributed by atoms with Crippen molar-refractivity contribution < 1.29 is 9.21 Å². The highest BCUT2D eigenvalue weighted by Crippen LogP contribution is 2.17. The van der Waals surface area contributed by atoms with Crippen LogP contribution in [0.2, 0.25) is 0 Å². The van der Waals surface area contributed by atoms with Gasteiger partial charge in [0.15, 0.2) is 0 Å². The highest BCUT2D eigenvalue weighted by atomic mass is 16.3. The Morgan fingerprint density at radius 3 is 3.09 bits per heavy atom. The van der Waals surface area contributed by atoms with E-state index < -0.39 is 0 Å². The molecule has 1 atom stereocenters. The van der Waals surface area contributed by atoms with Crippen LogP contribution in [0.15, 0.2) is 33.7 Å². The molecule has 0 spiro atoms. The number of hydrogen-bond donors (Lipinski definition) is 1. The maximum Gasteiger partial charge on any atom is 0.266 e. The number of hydrogen-bond acceptors (Lipinski definition) is 5. The van der Waals surface area contributed by atoms with Gasteiger partial charge in [0.2, 0.25) is 5.91 Å². The maximum atomic E-state index is 12.3. The summed E-state index contributed by atoms with van der Waals surface area (Å²) in [7, 11) is 1.65. The second-order valence-corrected chi connectivity index (χ2v) is 5.77. The molecular weight excluding hydrogens is 296 g/mol. The summed E-state index contributed by atoms with van der Waals surface area (Å²) >= 11 is 0. The third kappa shape index (κ3) is 3.34. The number of aryl methyl sites for hydroxylation is 1. The highest BCUT2D eigenvalue weighted by Gasteiger charge is 2.26. The van der Waals surface area contributed by atoms with Gasteiger partial charge in [0.1, 0.15) is 5.76 Å². The Kier molecular flexibility index (Phi) is 4.29. The van der Waals surface area contributed by atoms with Crippen LogP contribution in [0.4, 0.5) is 0 Å². The van der Waals surface area contributed by atoms with Gasteiger partial charge in [-0.2, -0.15) is 5.10 Å². The topological polar surface area (TPSA) is 80.4 Å². The van der Waals surface area contributed by atoms with Crippen LogP contribution < -0.4 is 10.9 Å². The van der Waals surface area contributed by atoms with E-state index >= 15 is 0 Å². The van der Waals surface area contributed by atoms with Crippen molar-refractivity contribution >= 4 is 5.91 Å². The molecule has 1 N–H and O–H groups in total. The van der Waals surface area contributed by atoms with Crippen molar-refractivity contribution in [1.29, 1.82) is 0 Å². The minimum Gasteiger partial charge on any atom is -0.467 e. The van der Waals surface area contributed by atoms with Crippen LogP contribution in [0.1, 0.15) is 23.9 Å². The second-order valence-electron chi connectivity index (χ2n) is 5.77. The quantitative estimate of drug-likeness (QED) is 0.885. The number of carbonyl (C=O) groups is 1. The zero-order valence-electron chi connectivity index (χ0n) is 13.3. The van der Waals surface area contributed by atoms with E-state index in [9.17, 15) is 9.59 Å². The van der Waals surface area contributed by atoms with E-state index in [0.717, 1.165) is 30.0 Å². The number of fused-ring (bicyclic) bond motifs is 1. The highest BCUT2D eigenvalue weighted by molar-refractivity contribution is 5.81. The third-order valence-corrected chi connectivity index (χ3v) is 4.21. The molecule has 1 amide bonds. The lowest BCUT2D eigenvalue weighted by molar-refractivity contribution is -0.126. The van der Waals surface area contributed by atoms with Crippen molar-refractivity contribution in [2.75, 3.05) is 6.54 Å². The predicted octanol–water partition coefficient (Wildman–Crippen LogP) is 0.436. The average molecular weight is 316 g/mol. The largest absolute Gasteiger partial charge is 0.467 e. The van der Waals surface area contributed by atoms with Crippen molar-refractivity contribution in [2.24, 2.45) is 7.05 Å². The number of aromatic nitrogens is 2. The van der Waals surface area contributed by atoms with Gasteiger partial charge in [0, 0.05) is 32.6 Å². The Balaban J connectivity index is 1.64. The molecule has 2 aromatic heterocycles. The molecule has 7 heteroatoms. The Bertz CT molecular complexity index is 751. The fourth-order valence-electron chi connectivity index (χ4n) is 2.75. The zero-order valence-corrected chi connectivity index (χ0v) is 13.3. The summed E-state index contributed by atoms with van der Waals surface area (Å²) in [6.45, 7) is 3.56. The van der Waals surface area contributed by atoms with Gasteiger partial charge in [-0.1, -0.05) is 0 Å². The van der Waals surface area contributed by atoms with Gasteiger partial charge in [0.05, 0.1) is 24.5 Å². The molecule has 2 aromatic rings. The Morgan fingerprint density at radius 1 is 1.52 bits per heavy atom. The van der Waals surface area contributed by atoms with Crippen LogP contribution >= 0.6 is 0 Å². The van der Waals surface area contributed by atoms with Crippen molar-refractivity contribution in [3.8, 4) is 0 Å². The first-order chi connectivity index (χ1) is 11.0. The van der Waals surface area contributed by atoms with Gasteiger partial charge < -0.3 is 9.73 Å². The number of nitrogens with one attached hydrogen (secondary N) is 1. The number of furan rings is 1.